The number of hydrogen-bond acceptors (Lipinski definition) is 5. The molecule has 0 bridgehead atoms. The lowest BCUT2D eigenvalue weighted by molar-refractivity contribution is 0.404. The molecular weight excluding hydrogens is 248 g/mol. The Kier molecular flexibility index (Phi) is 3.54. The Morgan fingerprint density at radius 2 is 2.00 bits per heavy atom. The number of phenolic OH excluding ortho intramolecular Hbond substituents is 2. The van der Waals surface area contributed by atoms with Crippen LogP contribution in [0.25, 0.3) is 10.6 Å². The first-order chi connectivity index (χ1) is 8.52. The van der Waals surface area contributed by atoms with Crippen LogP contribution in [0.5, 0.6) is 11.5 Å². The van der Waals surface area contributed by atoms with Gasteiger partial charge in [-0.2, -0.15) is 0 Å². The maximum absolute atomic E-state index is 9.51. The molecule has 4 nitrogen and oxygen atoms in total. The summed E-state index contributed by atoms with van der Waals surface area (Å²) in [6, 6.07) is 4.71. The molecule has 0 spiro atoms. The average Bonchev–Trinajstić information content (AvgIpc) is 2.77. The quantitative estimate of drug-likeness (QED) is 0.745. The maximum Gasteiger partial charge on any atom is 0.158 e. The van der Waals surface area contributed by atoms with Gasteiger partial charge in [0, 0.05) is 17.0 Å². The van der Waals surface area contributed by atoms with Crippen LogP contribution in [-0.2, 0) is 6.54 Å². The zero-order chi connectivity index (χ0) is 13.3. The molecule has 0 aliphatic rings. The summed E-state index contributed by atoms with van der Waals surface area (Å²) in [5.41, 5.74) is 7.51. The Morgan fingerprint density at radius 1 is 1.28 bits per heavy atom. The lowest BCUT2D eigenvalue weighted by Gasteiger charge is -2.02. The molecule has 0 unspecified atom stereocenters. The van der Waals surface area contributed by atoms with Crippen LogP contribution >= 0.6 is 11.3 Å². The highest BCUT2D eigenvalue weighted by molar-refractivity contribution is 7.15. The summed E-state index contributed by atoms with van der Waals surface area (Å²) in [6.07, 6.45) is 0. The first-order valence-electron chi connectivity index (χ1n) is 5.75. The van der Waals surface area contributed by atoms with Gasteiger partial charge in [0.15, 0.2) is 11.5 Å². The molecule has 2 aromatic rings. The number of hydrogen-bond donors (Lipinski definition) is 3. The fourth-order valence-electron chi connectivity index (χ4n) is 1.74. The molecule has 0 saturated heterocycles. The van der Waals surface area contributed by atoms with Crippen LogP contribution in [0.2, 0.25) is 0 Å². The smallest absolute Gasteiger partial charge is 0.158 e. The second-order valence-corrected chi connectivity index (χ2v) is 5.47. The minimum absolute atomic E-state index is 0.126. The maximum atomic E-state index is 9.51. The van der Waals surface area contributed by atoms with Crippen LogP contribution in [0.15, 0.2) is 18.2 Å². The van der Waals surface area contributed by atoms with Gasteiger partial charge in [0.25, 0.3) is 0 Å². The molecule has 96 valence electrons. The first kappa shape index (κ1) is 12.9. The van der Waals surface area contributed by atoms with Gasteiger partial charge in [-0.05, 0) is 24.1 Å². The zero-order valence-corrected chi connectivity index (χ0v) is 11.2. The van der Waals surface area contributed by atoms with Gasteiger partial charge in [-0.25, -0.2) is 4.98 Å². The highest BCUT2D eigenvalue weighted by atomic mass is 32.1. The predicted octanol–water partition coefficient (Wildman–Crippen LogP) is 2.80. The van der Waals surface area contributed by atoms with Crippen molar-refractivity contribution in [1.29, 1.82) is 0 Å². The summed E-state index contributed by atoms with van der Waals surface area (Å²) in [6.45, 7) is 4.62. The standard InChI is InChI=1S/C13H16N2O2S/c1-7(2)12-11(6-14)18-13(15-12)8-3-4-9(16)10(17)5-8/h3-5,7,16-17H,6,14H2,1-2H3. The number of thiazole rings is 1. The van der Waals surface area contributed by atoms with E-state index in [-0.39, 0.29) is 11.5 Å². The van der Waals surface area contributed by atoms with Crippen LogP contribution in [0.1, 0.15) is 30.3 Å². The van der Waals surface area contributed by atoms with Crippen molar-refractivity contribution in [2.45, 2.75) is 26.3 Å². The molecule has 0 atom stereocenters. The third kappa shape index (κ3) is 2.32. The Labute approximate surface area is 110 Å². The van der Waals surface area contributed by atoms with Crippen molar-refractivity contribution in [3.05, 3.63) is 28.8 Å². The van der Waals surface area contributed by atoms with Gasteiger partial charge in [0.2, 0.25) is 0 Å². The fraction of sp³-hybridized carbons (Fsp3) is 0.308. The topological polar surface area (TPSA) is 79.4 Å². The average molecular weight is 264 g/mol. The molecule has 0 aliphatic heterocycles. The van der Waals surface area contributed by atoms with Crippen molar-refractivity contribution in [2.24, 2.45) is 5.73 Å². The van der Waals surface area contributed by atoms with E-state index in [1.54, 1.807) is 6.07 Å². The molecule has 1 aromatic carbocycles. The molecule has 5 heteroatoms. The Morgan fingerprint density at radius 3 is 2.50 bits per heavy atom. The largest absolute Gasteiger partial charge is 0.504 e. The molecule has 1 heterocycles. The lowest BCUT2D eigenvalue weighted by atomic mass is 10.1. The summed E-state index contributed by atoms with van der Waals surface area (Å²) < 4.78 is 0. The lowest BCUT2D eigenvalue weighted by Crippen LogP contribution is -1.99. The minimum Gasteiger partial charge on any atom is -0.504 e. The van der Waals surface area contributed by atoms with Gasteiger partial charge >= 0.3 is 0 Å². The Balaban J connectivity index is 2.47. The second kappa shape index (κ2) is 4.96. The van der Waals surface area contributed by atoms with Crippen molar-refractivity contribution in [3.63, 3.8) is 0 Å². The van der Waals surface area contributed by atoms with E-state index in [9.17, 15) is 10.2 Å². The molecule has 2 rings (SSSR count). The van der Waals surface area contributed by atoms with Crippen molar-refractivity contribution >= 4 is 11.3 Å². The molecule has 0 saturated carbocycles. The number of phenols is 2. The molecule has 0 amide bonds. The van der Waals surface area contributed by atoms with Crippen LogP contribution in [-0.4, -0.2) is 15.2 Å². The van der Waals surface area contributed by atoms with E-state index < -0.39 is 0 Å². The Bertz CT molecular complexity index is 564. The Hall–Kier alpha value is -1.59. The van der Waals surface area contributed by atoms with Crippen molar-refractivity contribution in [1.82, 2.24) is 4.98 Å². The molecule has 1 aromatic heterocycles. The SMILES string of the molecule is CC(C)c1nc(-c2ccc(O)c(O)c2)sc1CN. The molecule has 0 fully saturated rings. The van der Waals surface area contributed by atoms with E-state index in [0.717, 1.165) is 21.1 Å². The molecule has 18 heavy (non-hydrogen) atoms. The van der Waals surface area contributed by atoms with Gasteiger partial charge in [0.1, 0.15) is 5.01 Å². The van der Waals surface area contributed by atoms with Crippen LogP contribution in [0.3, 0.4) is 0 Å². The second-order valence-electron chi connectivity index (χ2n) is 4.39. The summed E-state index contributed by atoms with van der Waals surface area (Å²) in [7, 11) is 0. The highest BCUT2D eigenvalue weighted by Crippen LogP contribution is 2.35. The van der Waals surface area contributed by atoms with Gasteiger partial charge in [0.05, 0.1) is 5.69 Å². The number of benzene rings is 1. The van der Waals surface area contributed by atoms with E-state index >= 15 is 0 Å². The van der Waals surface area contributed by atoms with Gasteiger partial charge < -0.3 is 15.9 Å². The summed E-state index contributed by atoms with van der Waals surface area (Å²) in [4.78, 5) is 5.63. The molecule has 0 radical (unpaired) electrons. The summed E-state index contributed by atoms with van der Waals surface area (Å²) in [5.74, 6) is 0.0563. The third-order valence-corrected chi connectivity index (χ3v) is 3.82. The van der Waals surface area contributed by atoms with Gasteiger partial charge in [-0.1, -0.05) is 13.8 Å². The van der Waals surface area contributed by atoms with Gasteiger partial charge in [-0.3, -0.25) is 0 Å². The molecule has 4 N–H and O–H groups in total. The van der Waals surface area contributed by atoms with E-state index in [2.05, 4.69) is 18.8 Å². The third-order valence-electron chi connectivity index (χ3n) is 2.68. The number of aromatic hydroxyl groups is 2. The van der Waals surface area contributed by atoms with Crippen LogP contribution < -0.4 is 5.73 Å². The number of nitrogens with zero attached hydrogens (tertiary/aromatic N) is 1. The number of nitrogens with two attached hydrogens (primary N) is 1. The predicted molar refractivity (Wildman–Crippen MR) is 72.9 cm³/mol. The summed E-state index contributed by atoms with van der Waals surface area (Å²) >= 11 is 1.53. The summed E-state index contributed by atoms with van der Waals surface area (Å²) in [5, 5.41) is 19.6. The highest BCUT2D eigenvalue weighted by Gasteiger charge is 2.15. The fourth-order valence-corrected chi connectivity index (χ4v) is 2.83. The first-order valence-corrected chi connectivity index (χ1v) is 6.56. The normalized spacial score (nSPS) is 11.1. The number of rotatable bonds is 3. The van der Waals surface area contributed by atoms with E-state index in [1.165, 1.54) is 23.5 Å². The van der Waals surface area contributed by atoms with Crippen molar-refractivity contribution in [3.8, 4) is 22.1 Å². The van der Waals surface area contributed by atoms with Crippen LogP contribution in [0, 0.1) is 0 Å². The molecular formula is C13H16N2O2S. The number of aromatic nitrogens is 1. The minimum atomic E-state index is -0.136. The van der Waals surface area contributed by atoms with E-state index in [1.807, 2.05) is 0 Å². The van der Waals surface area contributed by atoms with E-state index in [4.69, 9.17) is 5.73 Å². The van der Waals surface area contributed by atoms with Gasteiger partial charge in [-0.15, -0.1) is 11.3 Å². The zero-order valence-electron chi connectivity index (χ0n) is 10.3. The monoisotopic (exact) mass is 264 g/mol. The molecule has 0 aliphatic carbocycles. The van der Waals surface area contributed by atoms with E-state index in [0.29, 0.717) is 12.5 Å². The van der Waals surface area contributed by atoms with Crippen molar-refractivity contribution < 1.29 is 10.2 Å². The van der Waals surface area contributed by atoms with Crippen molar-refractivity contribution in [2.75, 3.05) is 0 Å². The van der Waals surface area contributed by atoms with Crippen LogP contribution in [0.4, 0.5) is 0 Å².